The van der Waals surface area contributed by atoms with Crippen molar-refractivity contribution in [2.75, 3.05) is 39.8 Å². The van der Waals surface area contributed by atoms with Gasteiger partial charge in [0.25, 0.3) is 0 Å². The highest BCUT2D eigenvalue weighted by Gasteiger charge is 2.43. The summed E-state index contributed by atoms with van der Waals surface area (Å²) in [4.78, 5) is 56.1. The Kier molecular flexibility index (Phi) is 8.70. The molecule has 3 saturated heterocycles. The number of carbonyl (C=O) groups is 4. The zero-order valence-corrected chi connectivity index (χ0v) is 23.2. The van der Waals surface area contributed by atoms with Crippen LogP contribution >= 0.6 is 0 Å². The van der Waals surface area contributed by atoms with Crippen molar-refractivity contribution in [1.82, 2.24) is 20.0 Å². The molecule has 41 heavy (non-hydrogen) atoms. The van der Waals surface area contributed by atoms with E-state index in [9.17, 15) is 28.0 Å². The maximum atomic E-state index is 13.7. The van der Waals surface area contributed by atoms with Crippen molar-refractivity contribution in [2.45, 2.75) is 50.5 Å². The predicted octanol–water partition coefficient (Wildman–Crippen LogP) is 3.48. The van der Waals surface area contributed by atoms with Gasteiger partial charge < -0.3 is 24.8 Å². The summed E-state index contributed by atoms with van der Waals surface area (Å²) in [6, 6.07) is 5.68. The van der Waals surface area contributed by atoms with E-state index in [2.05, 4.69) is 5.32 Å². The van der Waals surface area contributed by atoms with Crippen LogP contribution in [0.4, 0.5) is 13.6 Å². The molecule has 4 aliphatic rings. The van der Waals surface area contributed by atoms with E-state index < -0.39 is 12.1 Å². The van der Waals surface area contributed by atoms with Gasteiger partial charge in [0.15, 0.2) is 0 Å². The summed E-state index contributed by atoms with van der Waals surface area (Å²) < 4.78 is 32.6. The number of ether oxygens (including phenoxy) is 1. The predicted molar refractivity (Wildman–Crippen MR) is 145 cm³/mol. The van der Waals surface area contributed by atoms with Crippen molar-refractivity contribution in [1.29, 1.82) is 0 Å². The van der Waals surface area contributed by atoms with Crippen LogP contribution in [0.5, 0.6) is 0 Å². The van der Waals surface area contributed by atoms with Gasteiger partial charge in [0.05, 0.1) is 12.0 Å². The molecular weight excluding hydrogens is 534 g/mol. The minimum atomic E-state index is -0.593. The van der Waals surface area contributed by atoms with E-state index in [-0.39, 0.29) is 60.0 Å². The van der Waals surface area contributed by atoms with Crippen LogP contribution in [0.1, 0.15) is 50.0 Å². The molecule has 3 heterocycles. The fourth-order valence-corrected chi connectivity index (χ4v) is 6.20. The molecule has 1 aromatic rings. The van der Waals surface area contributed by atoms with E-state index in [1.54, 1.807) is 29.0 Å². The molecule has 0 saturated carbocycles. The van der Waals surface area contributed by atoms with Gasteiger partial charge in [-0.1, -0.05) is 12.1 Å². The number of hydrogen-bond acceptors (Lipinski definition) is 5. The summed E-state index contributed by atoms with van der Waals surface area (Å²) in [5.41, 5.74) is 0.813. The van der Waals surface area contributed by atoms with Crippen LogP contribution in [0.3, 0.4) is 0 Å². The first kappa shape index (κ1) is 28.8. The maximum Gasteiger partial charge on any atom is 0.414 e. The lowest BCUT2D eigenvalue weighted by Gasteiger charge is -2.36. The number of likely N-dealkylation sites (tertiary alicyclic amines) is 2. The highest BCUT2D eigenvalue weighted by molar-refractivity contribution is 5.84. The summed E-state index contributed by atoms with van der Waals surface area (Å²) in [5.74, 6) is -0.993. The fraction of sp³-hybridized carbons (Fsp3) is 0.533. The van der Waals surface area contributed by atoms with Crippen LogP contribution in [0.2, 0.25) is 0 Å². The summed E-state index contributed by atoms with van der Waals surface area (Å²) in [5, 5.41) is 2.76. The van der Waals surface area contributed by atoms with Gasteiger partial charge in [-0.3, -0.25) is 14.4 Å². The fourth-order valence-electron chi connectivity index (χ4n) is 6.20. The van der Waals surface area contributed by atoms with E-state index in [0.29, 0.717) is 64.2 Å². The van der Waals surface area contributed by atoms with Crippen LogP contribution in [0.25, 0.3) is 0 Å². The number of likely N-dealkylation sites (N-methyl/N-ethyl adjacent to an activating group) is 1. The molecule has 0 bridgehead atoms. The minimum Gasteiger partial charge on any atom is -0.415 e. The molecule has 5 rings (SSSR count). The van der Waals surface area contributed by atoms with Crippen molar-refractivity contribution >= 4 is 23.8 Å². The highest BCUT2D eigenvalue weighted by Crippen LogP contribution is 2.34. The lowest BCUT2D eigenvalue weighted by molar-refractivity contribution is -0.143. The molecule has 0 radical (unpaired) electrons. The molecular formula is C30H36F2N4O5. The molecule has 220 valence electrons. The van der Waals surface area contributed by atoms with Gasteiger partial charge in [-0.2, -0.15) is 0 Å². The first-order valence-electron chi connectivity index (χ1n) is 14.3. The summed E-state index contributed by atoms with van der Waals surface area (Å²) >= 11 is 0. The largest absolute Gasteiger partial charge is 0.415 e. The number of rotatable bonds is 5. The van der Waals surface area contributed by atoms with Gasteiger partial charge in [-0.25, -0.2) is 13.6 Å². The van der Waals surface area contributed by atoms with Crippen LogP contribution in [-0.4, -0.2) is 84.3 Å². The molecule has 1 aromatic carbocycles. The Balaban J connectivity index is 1.23. The molecule has 1 N–H and O–H groups in total. The molecule has 1 unspecified atom stereocenters. The second-order valence-corrected chi connectivity index (χ2v) is 11.3. The van der Waals surface area contributed by atoms with E-state index in [0.717, 1.165) is 5.56 Å². The lowest BCUT2D eigenvalue weighted by atomic mass is 9.92. The Morgan fingerprint density at radius 1 is 0.902 bits per heavy atom. The number of nitrogens with zero attached hydrogens (tertiary/aromatic N) is 3. The number of nitrogens with one attached hydrogen (secondary N) is 1. The van der Waals surface area contributed by atoms with E-state index in [1.807, 2.05) is 0 Å². The van der Waals surface area contributed by atoms with E-state index in [4.69, 9.17) is 4.74 Å². The molecule has 11 heteroatoms. The SMILES string of the molecule is CN(C(=O)OC1=CC=C(F)CC1)[C@@H]1CN(C(=O)C2CCN(C(=O)C3CCC(=O)NC3)CC2)C[C@H]1c1ccc(F)cc1. The van der Waals surface area contributed by atoms with E-state index in [1.165, 1.54) is 29.2 Å². The Hall–Kier alpha value is -3.76. The number of halogens is 2. The first-order chi connectivity index (χ1) is 19.7. The van der Waals surface area contributed by atoms with Gasteiger partial charge in [-0.05, 0) is 49.1 Å². The van der Waals surface area contributed by atoms with Gasteiger partial charge in [0.1, 0.15) is 17.4 Å². The average molecular weight is 571 g/mol. The third-order valence-corrected chi connectivity index (χ3v) is 8.73. The van der Waals surface area contributed by atoms with Gasteiger partial charge in [0.2, 0.25) is 17.7 Å². The van der Waals surface area contributed by atoms with Gasteiger partial charge in [0, 0.05) is 70.9 Å². The molecule has 3 fully saturated rings. The monoisotopic (exact) mass is 570 g/mol. The number of carbonyl (C=O) groups excluding carboxylic acids is 4. The lowest BCUT2D eigenvalue weighted by Crippen LogP contribution is -2.49. The van der Waals surface area contributed by atoms with Gasteiger partial charge in [-0.15, -0.1) is 0 Å². The molecule has 4 amide bonds. The number of benzene rings is 1. The number of hydrogen-bond donors (Lipinski definition) is 1. The summed E-state index contributed by atoms with van der Waals surface area (Å²) in [7, 11) is 1.62. The van der Waals surface area contributed by atoms with Crippen molar-refractivity contribution in [2.24, 2.45) is 11.8 Å². The Morgan fingerprint density at radius 3 is 2.24 bits per heavy atom. The molecule has 9 nitrogen and oxygen atoms in total. The van der Waals surface area contributed by atoms with Gasteiger partial charge >= 0.3 is 6.09 Å². The molecule has 0 aromatic heterocycles. The van der Waals surface area contributed by atoms with Crippen molar-refractivity contribution in [3.8, 4) is 0 Å². The van der Waals surface area contributed by atoms with Crippen molar-refractivity contribution < 1.29 is 32.7 Å². The smallest absolute Gasteiger partial charge is 0.414 e. The quantitative estimate of drug-likeness (QED) is 0.585. The molecule has 0 spiro atoms. The summed E-state index contributed by atoms with van der Waals surface area (Å²) in [6.45, 7) is 1.98. The van der Waals surface area contributed by atoms with E-state index >= 15 is 0 Å². The zero-order valence-electron chi connectivity index (χ0n) is 23.2. The number of piperidine rings is 2. The average Bonchev–Trinajstić information content (AvgIpc) is 3.43. The minimum absolute atomic E-state index is 0.0194. The maximum absolute atomic E-state index is 13.7. The molecule has 3 atom stereocenters. The third kappa shape index (κ3) is 6.60. The zero-order chi connectivity index (χ0) is 29.1. The first-order valence-corrected chi connectivity index (χ1v) is 14.3. The van der Waals surface area contributed by atoms with Crippen molar-refractivity contribution in [3.63, 3.8) is 0 Å². The second-order valence-electron chi connectivity index (χ2n) is 11.3. The second kappa shape index (κ2) is 12.4. The highest BCUT2D eigenvalue weighted by atomic mass is 19.1. The molecule has 1 aliphatic carbocycles. The Morgan fingerprint density at radius 2 is 1.61 bits per heavy atom. The van der Waals surface area contributed by atoms with Crippen LogP contribution in [-0.2, 0) is 19.1 Å². The summed E-state index contributed by atoms with van der Waals surface area (Å²) in [6.07, 6.45) is 4.59. The van der Waals surface area contributed by atoms with Crippen LogP contribution < -0.4 is 5.32 Å². The van der Waals surface area contributed by atoms with Crippen LogP contribution in [0.15, 0.2) is 48.0 Å². The van der Waals surface area contributed by atoms with Crippen molar-refractivity contribution in [3.05, 3.63) is 59.4 Å². The standard InChI is InChI=1S/C30H36F2N4O5/c1-34(30(40)41-24-9-7-23(32)8-10-24)26-18-36(17-25(26)19-2-5-22(31)6-3-19)28(38)20-12-14-35(15-13-20)29(39)21-4-11-27(37)33-16-21/h2-3,5-7,9,20-21,25-26H,4,8,10-18H2,1H3,(H,33,37)/t21?,25-,26+/m0/s1. The molecule has 3 aliphatic heterocycles. The number of allylic oxidation sites excluding steroid dienone is 4. The number of amides is 4. The van der Waals surface area contributed by atoms with Crippen LogP contribution in [0, 0.1) is 17.7 Å². The Labute approximate surface area is 238 Å². The third-order valence-electron chi connectivity index (χ3n) is 8.73. The topological polar surface area (TPSA) is 99.3 Å². The Bertz CT molecular complexity index is 1230. The normalized spacial score (nSPS) is 25.2.